The Balaban J connectivity index is 1.60. The van der Waals surface area contributed by atoms with Crippen LogP contribution in [0.2, 0.25) is 0 Å². The predicted molar refractivity (Wildman–Crippen MR) is 129 cm³/mol. The first-order chi connectivity index (χ1) is 16.4. The number of hydrogen-bond donors (Lipinski definition) is 2. The van der Waals surface area contributed by atoms with Crippen molar-refractivity contribution in [3.05, 3.63) is 108 Å². The van der Waals surface area contributed by atoms with Gasteiger partial charge in [0.05, 0.1) is 11.4 Å². The molecule has 0 aliphatic heterocycles. The second-order valence-electron chi connectivity index (χ2n) is 7.94. The van der Waals surface area contributed by atoms with Crippen molar-refractivity contribution in [1.29, 1.82) is 0 Å². The highest BCUT2D eigenvalue weighted by Crippen LogP contribution is 2.21. The summed E-state index contributed by atoms with van der Waals surface area (Å²) in [6.45, 7) is 1.78. The van der Waals surface area contributed by atoms with E-state index < -0.39 is 23.6 Å². The average Bonchev–Trinajstić information content (AvgIpc) is 3.26. The lowest BCUT2D eigenvalue weighted by molar-refractivity contribution is -0.137. The quantitative estimate of drug-likeness (QED) is 0.400. The third-order valence-corrected chi connectivity index (χ3v) is 5.43. The number of nitrogens with two attached hydrogens (primary N) is 1. The lowest BCUT2D eigenvalue weighted by Crippen LogP contribution is -2.47. The summed E-state index contributed by atoms with van der Waals surface area (Å²) in [5.74, 6) is -2.47. The molecule has 3 N–H and O–H groups in total. The first kappa shape index (κ1) is 22.7. The molecular formula is C27H24N4O3. The van der Waals surface area contributed by atoms with Gasteiger partial charge in [-0.1, -0.05) is 72.8 Å². The molecule has 0 spiro atoms. The number of rotatable bonds is 8. The fourth-order valence-corrected chi connectivity index (χ4v) is 3.75. The fourth-order valence-electron chi connectivity index (χ4n) is 3.75. The van der Waals surface area contributed by atoms with Gasteiger partial charge in [0.2, 0.25) is 5.78 Å². The number of carbonyl (C=O) groups is 3. The van der Waals surface area contributed by atoms with Gasteiger partial charge < -0.3 is 11.1 Å². The minimum absolute atomic E-state index is 0.146. The summed E-state index contributed by atoms with van der Waals surface area (Å²) in [6.07, 6.45) is 0.146. The molecular weight excluding hydrogens is 428 g/mol. The molecule has 0 radical (unpaired) electrons. The SMILES string of the molecule is Cc1cc(C(=O)NC(Cc2ccccc2)C(=O)C(N)=O)n(-c2ccc(-c3ccccc3)cc2)n1. The van der Waals surface area contributed by atoms with Crippen LogP contribution in [0.4, 0.5) is 0 Å². The third-order valence-electron chi connectivity index (χ3n) is 5.43. The van der Waals surface area contributed by atoms with Crippen LogP contribution in [0.3, 0.4) is 0 Å². The number of Topliss-reactive ketones (excluding diaryl/α,β-unsaturated/α-hetero) is 1. The van der Waals surface area contributed by atoms with Crippen LogP contribution in [0, 0.1) is 6.92 Å². The lowest BCUT2D eigenvalue weighted by Gasteiger charge is -2.17. The number of nitrogens with zero attached hydrogens (tertiary/aromatic N) is 2. The predicted octanol–water partition coefficient (Wildman–Crippen LogP) is 3.24. The summed E-state index contributed by atoms with van der Waals surface area (Å²) >= 11 is 0. The Labute approximate surface area is 197 Å². The molecule has 4 rings (SSSR count). The number of primary amides is 1. The van der Waals surface area contributed by atoms with Crippen molar-refractivity contribution in [3.8, 4) is 16.8 Å². The van der Waals surface area contributed by atoms with Crippen LogP contribution < -0.4 is 11.1 Å². The number of benzene rings is 3. The van der Waals surface area contributed by atoms with Crippen molar-refractivity contribution in [2.45, 2.75) is 19.4 Å². The molecule has 7 heteroatoms. The summed E-state index contributed by atoms with van der Waals surface area (Å²) in [5.41, 5.74) is 9.73. The minimum atomic E-state index is -1.09. The zero-order valence-electron chi connectivity index (χ0n) is 18.6. The van der Waals surface area contributed by atoms with E-state index in [0.29, 0.717) is 11.4 Å². The zero-order valence-corrected chi connectivity index (χ0v) is 18.6. The van der Waals surface area contributed by atoms with E-state index in [9.17, 15) is 14.4 Å². The molecule has 4 aromatic rings. The summed E-state index contributed by atoms with van der Waals surface area (Å²) in [5, 5.41) is 7.13. The first-order valence-corrected chi connectivity index (χ1v) is 10.8. The van der Waals surface area contributed by atoms with E-state index in [4.69, 9.17) is 5.73 Å². The van der Waals surface area contributed by atoms with Crippen LogP contribution in [0.15, 0.2) is 91.0 Å². The number of ketones is 1. The molecule has 0 saturated heterocycles. The third kappa shape index (κ3) is 5.10. The summed E-state index contributed by atoms with van der Waals surface area (Å²) < 4.78 is 1.52. The van der Waals surface area contributed by atoms with Gasteiger partial charge in [-0.05, 0) is 41.8 Å². The highest BCUT2D eigenvalue weighted by molar-refractivity contribution is 6.38. The molecule has 7 nitrogen and oxygen atoms in total. The maximum Gasteiger partial charge on any atom is 0.287 e. The van der Waals surface area contributed by atoms with Crippen molar-refractivity contribution >= 4 is 17.6 Å². The maximum atomic E-state index is 13.2. The van der Waals surface area contributed by atoms with E-state index in [1.807, 2.05) is 84.9 Å². The average molecular weight is 453 g/mol. The maximum absolute atomic E-state index is 13.2. The largest absolute Gasteiger partial charge is 0.363 e. The molecule has 1 atom stereocenters. The smallest absolute Gasteiger partial charge is 0.287 e. The van der Waals surface area contributed by atoms with Crippen LogP contribution >= 0.6 is 0 Å². The number of nitrogens with one attached hydrogen (secondary N) is 1. The number of carbonyl (C=O) groups excluding carboxylic acids is 3. The normalized spacial score (nSPS) is 11.6. The molecule has 0 bridgehead atoms. The van der Waals surface area contributed by atoms with Gasteiger partial charge in [-0.25, -0.2) is 4.68 Å². The van der Waals surface area contributed by atoms with E-state index in [0.717, 1.165) is 16.7 Å². The van der Waals surface area contributed by atoms with Crippen molar-refractivity contribution in [1.82, 2.24) is 15.1 Å². The van der Waals surface area contributed by atoms with Crippen molar-refractivity contribution in [3.63, 3.8) is 0 Å². The van der Waals surface area contributed by atoms with E-state index >= 15 is 0 Å². The highest BCUT2D eigenvalue weighted by Gasteiger charge is 2.27. The Morgan fingerprint density at radius 3 is 2.09 bits per heavy atom. The monoisotopic (exact) mass is 452 g/mol. The molecule has 0 aliphatic rings. The number of aryl methyl sites for hydroxylation is 1. The number of aromatic nitrogens is 2. The van der Waals surface area contributed by atoms with E-state index in [2.05, 4.69) is 10.4 Å². The Bertz CT molecular complexity index is 1310. The van der Waals surface area contributed by atoms with Gasteiger partial charge in [0, 0.05) is 6.42 Å². The molecule has 0 fully saturated rings. The molecule has 3 aromatic carbocycles. The number of amides is 2. The Morgan fingerprint density at radius 2 is 1.47 bits per heavy atom. The molecule has 1 heterocycles. The Kier molecular flexibility index (Phi) is 6.64. The van der Waals surface area contributed by atoms with Crippen molar-refractivity contribution in [2.75, 3.05) is 0 Å². The summed E-state index contributed by atoms with van der Waals surface area (Å²) in [7, 11) is 0. The molecule has 1 unspecified atom stereocenters. The van der Waals surface area contributed by atoms with Gasteiger partial charge in [0.1, 0.15) is 11.7 Å². The van der Waals surface area contributed by atoms with Crippen LogP contribution in [-0.2, 0) is 16.0 Å². The lowest BCUT2D eigenvalue weighted by atomic mass is 10.0. The van der Waals surface area contributed by atoms with Gasteiger partial charge in [-0.3, -0.25) is 14.4 Å². The van der Waals surface area contributed by atoms with Crippen LogP contribution in [-0.4, -0.2) is 33.4 Å². The van der Waals surface area contributed by atoms with Crippen molar-refractivity contribution in [2.24, 2.45) is 5.73 Å². The van der Waals surface area contributed by atoms with Gasteiger partial charge in [-0.15, -0.1) is 0 Å². The topological polar surface area (TPSA) is 107 Å². The Morgan fingerprint density at radius 1 is 0.882 bits per heavy atom. The highest BCUT2D eigenvalue weighted by atomic mass is 16.2. The molecule has 1 aromatic heterocycles. The molecule has 34 heavy (non-hydrogen) atoms. The molecule has 0 saturated carbocycles. The Hall–Kier alpha value is -4.52. The van der Waals surface area contributed by atoms with Gasteiger partial charge in [0.15, 0.2) is 0 Å². The standard InChI is InChI=1S/C27H24N4O3/c1-18-16-24(27(34)29-23(25(32)26(28)33)17-19-8-4-2-5-9-19)31(30-18)22-14-12-21(13-15-22)20-10-6-3-7-11-20/h2-16,23H,17H2,1H3,(H2,28,33)(H,29,34). The minimum Gasteiger partial charge on any atom is -0.363 e. The van der Waals surface area contributed by atoms with Gasteiger partial charge >= 0.3 is 0 Å². The van der Waals surface area contributed by atoms with Crippen LogP contribution in [0.5, 0.6) is 0 Å². The molecule has 2 amide bonds. The second kappa shape index (κ2) is 9.95. The molecule has 0 aliphatic carbocycles. The van der Waals surface area contributed by atoms with E-state index in [-0.39, 0.29) is 12.1 Å². The van der Waals surface area contributed by atoms with Crippen LogP contribution in [0.1, 0.15) is 21.7 Å². The first-order valence-electron chi connectivity index (χ1n) is 10.8. The second-order valence-corrected chi connectivity index (χ2v) is 7.94. The van der Waals surface area contributed by atoms with Crippen molar-refractivity contribution < 1.29 is 14.4 Å². The molecule has 170 valence electrons. The van der Waals surface area contributed by atoms with E-state index in [1.54, 1.807) is 13.0 Å². The van der Waals surface area contributed by atoms with E-state index in [1.165, 1.54) is 4.68 Å². The van der Waals surface area contributed by atoms with Crippen LogP contribution in [0.25, 0.3) is 16.8 Å². The summed E-state index contributed by atoms with van der Waals surface area (Å²) in [6, 6.07) is 27.3. The van der Waals surface area contributed by atoms with Gasteiger partial charge in [-0.2, -0.15) is 5.10 Å². The van der Waals surface area contributed by atoms with Gasteiger partial charge in [0.25, 0.3) is 11.8 Å². The summed E-state index contributed by atoms with van der Waals surface area (Å²) in [4.78, 5) is 37.2. The fraction of sp³-hybridized carbons (Fsp3) is 0.111. The number of hydrogen-bond acceptors (Lipinski definition) is 4. The zero-order chi connectivity index (χ0) is 24.1.